The summed E-state index contributed by atoms with van der Waals surface area (Å²) in [6, 6.07) is 10.2. The number of carboxylic acids is 1. The number of aromatic nitrogens is 2. The van der Waals surface area contributed by atoms with Crippen LogP contribution in [0.25, 0.3) is 22.3 Å². The van der Waals surface area contributed by atoms with Crippen LogP contribution in [0.3, 0.4) is 0 Å². The van der Waals surface area contributed by atoms with Crippen molar-refractivity contribution in [1.29, 1.82) is 0 Å². The number of aliphatic hydroxyl groups is 1. The Hall–Kier alpha value is -3.13. The molecule has 2 N–H and O–H groups in total. The molecule has 1 unspecified atom stereocenters. The number of carboxylic acid groups (broad SMARTS) is 1. The molecule has 0 bridgehead atoms. The number of fused-ring (bicyclic) bond motifs is 3. The molecule has 1 aromatic heterocycles. The fourth-order valence-electron chi connectivity index (χ4n) is 3.58. The maximum absolute atomic E-state index is 13.9. The summed E-state index contributed by atoms with van der Waals surface area (Å²) >= 11 is 0. The van der Waals surface area contributed by atoms with E-state index >= 15 is 0 Å². The van der Waals surface area contributed by atoms with Gasteiger partial charge in [0.2, 0.25) is 5.60 Å². The zero-order chi connectivity index (χ0) is 19.4. The largest absolute Gasteiger partial charge is 0.480 e. The summed E-state index contributed by atoms with van der Waals surface area (Å²) in [5.74, 6) is -1.08. The fraction of sp³-hybridized carbons (Fsp3) is 0.158. The third-order valence-corrected chi connectivity index (χ3v) is 4.69. The van der Waals surface area contributed by atoms with Crippen LogP contribution in [-0.2, 0) is 16.9 Å². The minimum Gasteiger partial charge on any atom is -0.480 e. The SMILES string of the molecule is O=C(O)Cn1cc(-c2cccc3c2-c2ccccc2C3(O)C(F)(F)F)cn1. The molecule has 1 aliphatic carbocycles. The Morgan fingerprint density at radius 2 is 1.74 bits per heavy atom. The van der Waals surface area contributed by atoms with E-state index in [2.05, 4.69) is 5.10 Å². The second kappa shape index (κ2) is 5.68. The second-order valence-electron chi connectivity index (χ2n) is 6.30. The van der Waals surface area contributed by atoms with Gasteiger partial charge in [-0.15, -0.1) is 0 Å². The van der Waals surface area contributed by atoms with Crippen molar-refractivity contribution in [1.82, 2.24) is 9.78 Å². The van der Waals surface area contributed by atoms with Crippen LogP contribution in [-0.4, -0.2) is 32.1 Å². The fourth-order valence-corrected chi connectivity index (χ4v) is 3.58. The van der Waals surface area contributed by atoms with Gasteiger partial charge in [0, 0.05) is 22.9 Å². The number of aliphatic carboxylic acids is 1. The average molecular weight is 374 g/mol. The first-order valence-electron chi connectivity index (χ1n) is 8.00. The lowest BCUT2D eigenvalue weighted by molar-refractivity contribution is -0.246. The van der Waals surface area contributed by atoms with E-state index in [0.717, 1.165) is 0 Å². The highest BCUT2D eigenvalue weighted by atomic mass is 19.4. The van der Waals surface area contributed by atoms with Crippen molar-refractivity contribution in [3.05, 3.63) is 66.0 Å². The molecule has 0 saturated carbocycles. The van der Waals surface area contributed by atoms with Crippen LogP contribution in [0.5, 0.6) is 0 Å². The highest BCUT2D eigenvalue weighted by Crippen LogP contribution is 2.56. The summed E-state index contributed by atoms with van der Waals surface area (Å²) < 4.78 is 42.7. The lowest BCUT2D eigenvalue weighted by Gasteiger charge is -2.28. The van der Waals surface area contributed by atoms with E-state index in [4.69, 9.17) is 5.11 Å². The van der Waals surface area contributed by atoms with E-state index in [-0.39, 0.29) is 28.8 Å². The minimum absolute atomic E-state index is 0.224. The normalized spacial score (nSPS) is 18.2. The van der Waals surface area contributed by atoms with Gasteiger partial charge in [-0.2, -0.15) is 18.3 Å². The van der Waals surface area contributed by atoms with Crippen LogP contribution >= 0.6 is 0 Å². The molecule has 0 fully saturated rings. The molecule has 1 atom stereocenters. The van der Waals surface area contributed by atoms with Crippen LogP contribution in [0.1, 0.15) is 11.1 Å². The Morgan fingerprint density at radius 1 is 1.07 bits per heavy atom. The van der Waals surface area contributed by atoms with Crippen LogP contribution in [0.2, 0.25) is 0 Å². The van der Waals surface area contributed by atoms with E-state index in [1.165, 1.54) is 47.4 Å². The molecular formula is C19H13F3N2O3. The monoisotopic (exact) mass is 374 g/mol. The summed E-state index contributed by atoms with van der Waals surface area (Å²) in [6.45, 7) is -0.363. The molecule has 0 radical (unpaired) electrons. The van der Waals surface area contributed by atoms with Gasteiger partial charge >= 0.3 is 12.1 Å². The maximum Gasteiger partial charge on any atom is 0.425 e. The topological polar surface area (TPSA) is 75.3 Å². The number of alkyl halides is 3. The van der Waals surface area contributed by atoms with Gasteiger partial charge in [0.1, 0.15) is 6.54 Å². The van der Waals surface area contributed by atoms with Crippen molar-refractivity contribution in [2.45, 2.75) is 18.3 Å². The first kappa shape index (κ1) is 17.3. The number of benzene rings is 2. The van der Waals surface area contributed by atoms with Crippen molar-refractivity contribution in [3.63, 3.8) is 0 Å². The first-order chi connectivity index (χ1) is 12.7. The molecule has 138 valence electrons. The summed E-state index contributed by atoms with van der Waals surface area (Å²) in [4.78, 5) is 10.8. The van der Waals surface area contributed by atoms with Crippen molar-refractivity contribution in [3.8, 4) is 22.3 Å². The average Bonchev–Trinajstić information content (AvgIpc) is 3.16. The number of halogens is 3. The number of rotatable bonds is 3. The van der Waals surface area contributed by atoms with Crippen molar-refractivity contribution in [2.75, 3.05) is 0 Å². The Kier molecular flexibility index (Phi) is 3.64. The van der Waals surface area contributed by atoms with E-state index < -0.39 is 17.7 Å². The molecule has 8 heteroatoms. The molecule has 2 aromatic carbocycles. The molecule has 0 amide bonds. The van der Waals surface area contributed by atoms with Gasteiger partial charge < -0.3 is 10.2 Å². The van der Waals surface area contributed by atoms with E-state index in [1.807, 2.05) is 0 Å². The summed E-state index contributed by atoms with van der Waals surface area (Å²) in [6.07, 6.45) is -2.05. The Labute approximate surface area is 151 Å². The lowest BCUT2D eigenvalue weighted by atomic mass is 9.89. The second-order valence-corrected chi connectivity index (χ2v) is 6.30. The molecule has 1 heterocycles. The molecule has 5 nitrogen and oxygen atoms in total. The van der Waals surface area contributed by atoms with E-state index in [1.54, 1.807) is 12.1 Å². The van der Waals surface area contributed by atoms with Crippen LogP contribution in [0.4, 0.5) is 13.2 Å². The van der Waals surface area contributed by atoms with Crippen LogP contribution < -0.4 is 0 Å². The highest BCUT2D eigenvalue weighted by Gasteiger charge is 2.61. The molecule has 4 rings (SSSR count). The molecule has 0 spiro atoms. The molecule has 1 aliphatic rings. The molecular weight excluding hydrogens is 361 g/mol. The Balaban J connectivity index is 1.97. The predicted molar refractivity (Wildman–Crippen MR) is 89.8 cm³/mol. The predicted octanol–water partition coefficient (Wildman–Crippen LogP) is 3.41. The minimum atomic E-state index is -4.90. The number of hydrogen-bond donors (Lipinski definition) is 2. The molecule has 0 saturated heterocycles. The van der Waals surface area contributed by atoms with Crippen LogP contribution in [0, 0.1) is 0 Å². The van der Waals surface area contributed by atoms with Crippen molar-refractivity contribution >= 4 is 5.97 Å². The van der Waals surface area contributed by atoms with Crippen LogP contribution in [0.15, 0.2) is 54.9 Å². The van der Waals surface area contributed by atoms with Gasteiger partial charge in [-0.3, -0.25) is 9.48 Å². The molecule has 0 aliphatic heterocycles. The zero-order valence-corrected chi connectivity index (χ0v) is 13.7. The van der Waals surface area contributed by atoms with Gasteiger partial charge in [-0.05, 0) is 16.7 Å². The maximum atomic E-state index is 13.9. The van der Waals surface area contributed by atoms with Gasteiger partial charge in [-0.1, -0.05) is 42.5 Å². The quantitative estimate of drug-likeness (QED) is 0.737. The zero-order valence-electron chi connectivity index (χ0n) is 13.7. The van der Waals surface area contributed by atoms with Gasteiger partial charge in [0.05, 0.1) is 6.20 Å². The molecule has 3 aromatic rings. The van der Waals surface area contributed by atoms with Crippen molar-refractivity contribution < 1.29 is 28.2 Å². The van der Waals surface area contributed by atoms with Gasteiger partial charge in [0.15, 0.2) is 0 Å². The third kappa shape index (κ3) is 2.44. The Bertz CT molecular complexity index is 1060. The van der Waals surface area contributed by atoms with Gasteiger partial charge in [0.25, 0.3) is 0 Å². The standard InChI is InChI=1S/C19H13F3N2O3/c20-19(21,22)18(27)14-6-2-1-4-13(14)17-12(5-3-7-15(17)18)11-8-23-24(9-11)10-16(25)26/h1-9,27H,10H2,(H,25,26). The Morgan fingerprint density at radius 3 is 2.44 bits per heavy atom. The summed E-state index contributed by atoms with van der Waals surface area (Å²) in [5, 5.41) is 23.5. The summed E-state index contributed by atoms with van der Waals surface area (Å²) in [7, 11) is 0. The van der Waals surface area contributed by atoms with Crippen molar-refractivity contribution in [2.24, 2.45) is 0 Å². The number of carbonyl (C=O) groups is 1. The molecule has 27 heavy (non-hydrogen) atoms. The highest BCUT2D eigenvalue weighted by molar-refractivity contribution is 5.92. The van der Waals surface area contributed by atoms with E-state index in [0.29, 0.717) is 11.1 Å². The first-order valence-corrected chi connectivity index (χ1v) is 8.00. The smallest absolute Gasteiger partial charge is 0.425 e. The van der Waals surface area contributed by atoms with E-state index in [9.17, 15) is 23.1 Å². The number of hydrogen-bond acceptors (Lipinski definition) is 3. The lowest BCUT2D eigenvalue weighted by Crippen LogP contribution is -2.41. The summed E-state index contributed by atoms with van der Waals surface area (Å²) in [5.41, 5.74) is -2.12. The number of nitrogens with zero attached hydrogens (tertiary/aromatic N) is 2. The van der Waals surface area contributed by atoms with Gasteiger partial charge in [-0.25, -0.2) is 0 Å². The third-order valence-electron chi connectivity index (χ3n) is 4.69.